The molecule has 0 aromatic rings. The van der Waals surface area contributed by atoms with E-state index >= 15 is 0 Å². The van der Waals surface area contributed by atoms with Crippen molar-refractivity contribution in [1.82, 2.24) is 0 Å². The van der Waals surface area contributed by atoms with Crippen molar-refractivity contribution in [2.45, 2.75) is 38.5 Å². The molecule has 2 atom stereocenters. The lowest BCUT2D eigenvalue weighted by atomic mass is 9.91. The van der Waals surface area contributed by atoms with Gasteiger partial charge in [0.2, 0.25) is 0 Å². The molecule has 66 valence electrons. The Balaban J connectivity index is 2.12. The van der Waals surface area contributed by atoms with Gasteiger partial charge >= 0.3 is 0 Å². The molecule has 2 aliphatic carbocycles. The second-order valence-electron chi connectivity index (χ2n) is 4.01. The molecule has 2 unspecified atom stereocenters. The van der Waals surface area contributed by atoms with Gasteiger partial charge in [0.15, 0.2) is 0 Å². The van der Waals surface area contributed by atoms with E-state index in [1.54, 1.807) is 0 Å². The summed E-state index contributed by atoms with van der Waals surface area (Å²) in [6.45, 7) is 0. The van der Waals surface area contributed by atoms with Crippen LogP contribution < -0.4 is 0 Å². The Morgan fingerprint density at radius 1 is 1.08 bits per heavy atom. The van der Waals surface area contributed by atoms with Crippen molar-refractivity contribution < 1.29 is 9.59 Å². The fourth-order valence-corrected chi connectivity index (χ4v) is 2.53. The van der Waals surface area contributed by atoms with E-state index in [9.17, 15) is 9.59 Å². The first kappa shape index (κ1) is 7.96. The van der Waals surface area contributed by atoms with Crippen LogP contribution in [0, 0.1) is 11.8 Å². The lowest BCUT2D eigenvalue weighted by Gasteiger charge is -2.12. The highest BCUT2D eigenvalue weighted by Crippen LogP contribution is 2.37. The predicted molar refractivity (Wildman–Crippen MR) is 44.7 cm³/mol. The summed E-state index contributed by atoms with van der Waals surface area (Å²) in [5.74, 6) is 1.44. The van der Waals surface area contributed by atoms with Crippen molar-refractivity contribution >= 4 is 11.6 Å². The predicted octanol–water partition coefficient (Wildman–Crippen LogP) is 1.72. The molecule has 2 aliphatic rings. The average molecular weight is 166 g/mol. The highest BCUT2D eigenvalue weighted by atomic mass is 16.1. The lowest BCUT2D eigenvalue weighted by molar-refractivity contribution is -0.121. The van der Waals surface area contributed by atoms with E-state index < -0.39 is 0 Å². The molecule has 0 heterocycles. The first-order chi connectivity index (χ1) is 5.77. The summed E-state index contributed by atoms with van der Waals surface area (Å²) < 4.78 is 0. The van der Waals surface area contributed by atoms with Crippen LogP contribution in [0.3, 0.4) is 0 Å². The van der Waals surface area contributed by atoms with Crippen LogP contribution in [0.25, 0.3) is 0 Å². The van der Waals surface area contributed by atoms with Crippen LogP contribution in [-0.4, -0.2) is 11.6 Å². The van der Waals surface area contributed by atoms with Gasteiger partial charge in [0, 0.05) is 25.2 Å². The summed E-state index contributed by atoms with van der Waals surface area (Å²) in [7, 11) is 0. The summed E-state index contributed by atoms with van der Waals surface area (Å²) in [6.07, 6.45) is 4.98. The number of rotatable bonds is 0. The lowest BCUT2D eigenvalue weighted by Crippen LogP contribution is -2.13. The summed E-state index contributed by atoms with van der Waals surface area (Å²) in [5, 5.41) is 0. The zero-order valence-corrected chi connectivity index (χ0v) is 7.21. The Kier molecular flexibility index (Phi) is 1.99. The number of carbonyl (C=O) groups is 2. The fraction of sp³-hybridized carbons (Fsp3) is 0.800. The normalized spacial score (nSPS) is 36.3. The molecule has 0 bridgehead atoms. The largest absolute Gasteiger partial charge is 0.300 e. The van der Waals surface area contributed by atoms with E-state index in [0.29, 0.717) is 30.3 Å². The van der Waals surface area contributed by atoms with Crippen LogP contribution in [0.4, 0.5) is 0 Å². The second-order valence-corrected chi connectivity index (χ2v) is 4.01. The van der Waals surface area contributed by atoms with Crippen LogP contribution in [0.1, 0.15) is 38.5 Å². The van der Waals surface area contributed by atoms with Gasteiger partial charge in [-0.2, -0.15) is 0 Å². The number of hydrogen-bond acceptors (Lipinski definition) is 2. The zero-order valence-electron chi connectivity index (χ0n) is 7.21. The van der Waals surface area contributed by atoms with Crippen molar-refractivity contribution in [3.05, 3.63) is 0 Å². The van der Waals surface area contributed by atoms with Gasteiger partial charge in [-0.1, -0.05) is 0 Å². The van der Waals surface area contributed by atoms with Gasteiger partial charge in [-0.15, -0.1) is 0 Å². The SMILES string of the molecule is O=C1CCCC2C(=O)CCC2C1. The molecule has 0 aromatic carbocycles. The van der Waals surface area contributed by atoms with Crippen molar-refractivity contribution in [1.29, 1.82) is 0 Å². The third kappa shape index (κ3) is 1.30. The van der Waals surface area contributed by atoms with Crippen molar-refractivity contribution in [2.24, 2.45) is 11.8 Å². The highest BCUT2D eigenvalue weighted by Gasteiger charge is 2.36. The van der Waals surface area contributed by atoms with Gasteiger partial charge in [0.1, 0.15) is 11.6 Å². The summed E-state index contributed by atoms with van der Waals surface area (Å²) in [5.41, 5.74) is 0. The van der Waals surface area contributed by atoms with Crippen LogP contribution in [0.2, 0.25) is 0 Å². The van der Waals surface area contributed by atoms with Gasteiger partial charge in [-0.25, -0.2) is 0 Å². The van der Waals surface area contributed by atoms with Gasteiger partial charge in [-0.3, -0.25) is 9.59 Å². The molecule has 0 aromatic heterocycles. The molecule has 0 N–H and O–H groups in total. The van der Waals surface area contributed by atoms with E-state index in [0.717, 1.165) is 25.7 Å². The molecule has 0 saturated heterocycles. The minimum Gasteiger partial charge on any atom is -0.300 e. The van der Waals surface area contributed by atoms with Gasteiger partial charge in [0.25, 0.3) is 0 Å². The third-order valence-corrected chi connectivity index (χ3v) is 3.20. The third-order valence-electron chi connectivity index (χ3n) is 3.20. The molecule has 0 aliphatic heterocycles. The Morgan fingerprint density at radius 3 is 2.75 bits per heavy atom. The molecule has 0 radical (unpaired) electrons. The van der Waals surface area contributed by atoms with Gasteiger partial charge in [0.05, 0.1) is 0 Å². The van der Waals surface area contributed by atoms with E-state index in [-0.39, 0.29) is 5.92 Å². The molecule has 0 spiro atoms. The Morgan fingerprint density at radius 2 is 1.92 bits per heavy atom. The minimum atomic E-state index is 0.247. The monoisotopic (exact) mass is 166 g/mol. The van der Waals surface area contributed by atoms with E-state index in [1.807, 2.05) is 0 Å². The molecule has 2 saturated carbocycles. The smallest absolute Gasteiger partial charge is 0.136 e. The molecular weight excluding hydrogens is 152 g/mol. The molecule has 2 heteroatoms. The van der Waals surface area contributed by atoms with Crippen LogP contribution >= 0.6 is 0 Å². The van der Waals surface area contributed by atoms with Crippen LogP contribution in [0.5, 0.6) is 0 Å². The maximum absolute atomic E-state index is 11.4. The van der Waals surface area contributed by atoms with Crippen molar-refractivity contribution in [3.8, 4) is 0 Å². The van der Waals surface area contributed by atoms with Crippen LogP contribution in [-0.2, 0) is 9.59 Å². The first-order valence-electron chi connectivity index (χ1n) is 4.82. The highest BCUT2D eigenvalue weighted by molar-refractivity contribution is 5.86. The number of Topliss-reactive ketones (excluding diaryl/α,β-unsaturated/α-hetero) is 2. The fourth-order valence-electron chi connectivity index (χ4n) is 2.53. The average Bonchev–Trinajstić information content (AvgIpc) is 2.31. The zero-order chi connectivity index (χ0) is 8.55. The number of hydrogen-bond donors (Lipinski definition) is 0. The topological polar surface area (TPSA) is 34.1 Å². The van der Waals surface area contributed by atoms with E-state index in [4.69, 9.17) is 0 Å². The summed E-state index contributed by atoms with van der Waals surface area (Å²) in [4.78, 5) is 22.6. The quantitative estimate of drug-likeness (QED) is 0.549. The molecule has 2 rings (SSSR count). The summed E-state index contributed by atoms with van der Waals surface area (Å²) in [6, 6.07) is 0. The minimum absolute atomic E-state index is 0.247. The maximum Gasteiger partial charge on any atom is 0.136 e. The van der Waals surface area contributed by atoms with Gasteiger partial charge in [-0.05, 0) is 25.2 Å². The van der Waals surface area contributed by atoms with E-state index in [1.165, 1.54) is 0 Å². The number of ketones is 2. The molecule has 12 heavy (non-hydrogen) atoms. The summed E-state index contributed by atoms with van der Waals surface area (Å²) >= 11 is 0. The molecule has 2 fully saturated rings. The standard InChI is InChI=1S/C10H14O2/c11-8-2-1-3-9-7(6-8)4-5-10(9)12/h7,9H,1-6H2. The number of fused-ring (bicyclic) bond motifs is 1. The second kappa shape index (κ2) is 3.00. The van der Waals surface area contributed by atoms with Gasteiger partial charge < -0.3 is 0 Å². The number of carbonyl (C=O) groups excluding carboxylic acids is 2. The Labute approximate surface area is 72.3 Å². The Hall–Kier alpha value is -0.660. The van der Waals surface area contributed by atoms with Crippen molar-refractivity contribution in [2.75, 3.05) is 0 Å². The Bertz CT molecular complexity index is 220. The molecular formula is C10H14O2. The first-order valence-corrected chi connectivity index (χ1v) is 4.82. The molecule has 0 amide bonds. The van der Waals surface area contributed by atoms with Crippen molar-refractivity contribution in [3.63, 3.8) is 0 Å². The maximum atomic E-state index is 11.4. The van der Waals surface area contributed by atoms with Crippen LogP contribution in [0.15, 0.2) is 0 Å². The van der Waals surface area contributed by atoms with E-state index in [2.05, 4.69) is 0 Å². The molecule has 2 nitrogen and oxygen atoms in total.